The summed E-state index contributed by atoms with van der Waals surface area (Å²) in [6.07, 6.45) is 0.454. The molecule has 0 rings (SSSR count). The van der Waals surface area contributed by atoms with Crippen LogP contribution in [0.25, 0.3) is 0 Å². The van der Waals surface area contributed by atoms with E-state index >= 15 is 0 Å². The molecule has 0 aliphatic rings. The Labute approximate surface area is 272 Å². The Balaban J connectivity index is -0.0000000328. The number of carbonyl (C=O) groups is 3. The van der Waals surface area contributed by atoms with Gasteiger partial charge >= 0.3 is 77.2 Å². The van der Waals surface area contributed by atoms with E-state index in [1.54, 1.807) is 0 Å². The van der Waals surface area contributed by atoms with E-state index in [0.29, 0.717) is 33.0 Å². The quantitative estimate of drug-likeness (QED) is 0.128. The van der Waals surface area contributed by atoms with Crippen LogP contribution < -0.4 is 69.3 Å². The van der Waals surface area contributed by atoms with Crippen molar-refractivity contribution in [3.05, 3.63) is 0 Å². The molecule has 0 amide bonds. The third-order valence-electron chi connectivity index (χ3n) is 2.39. The zero-order chi connectivity index (χ0) is 30.0. The van der Waals surface area contributed by atoms with Gasteiger partial charge in [-0.2, -0.15) is 16.7 Å². The van der Waals surface area contributed by atoms with Gasteiger partial charge in [0.05, 0.1) is 32.7 Å². The minimum Gasteiger partial charge on any atom is -0.857 e. The second-order valence-electron chi connectivity index (χ2n) is 4.87. The number of aliphatic hydroxyl groups excluding tert-OH is 1. The first-order chi connectivity index (χ1) is 17.1. The normalized spacial score (nSPS) is 7.39. The molecule has 0 saturated heterocycles. The molecule has 0 aliphatic carbocycles. The van der Waals surface area contributed by atoms with Gasteiger partial charge in [-0.25, -0.2) is 0 Å². The molecule has 0 unspecified atom stereocenters. The molecular weight excluding hydrogens is 534 g/mol. The fourth-order valence-electron chi connectivity index (χ4n) is 1.11. The van der Waals surface area contributed by atoms with Crippen LogP contribution in [0.4, 0.5) is 0 Å². The molecule has 0 spiro atoms. The molecule has 0 aromatic heterocycles. The first kappa shape index (κ1) is 61.5. The van der Waals surface area contributed by atoms with Crippen LogP contribution in [0.1, 0.15) is 55.3 Å². The summed E-state index contributed by atoms with van der Waals surface area (Å²) in [5.41, 5.74) is 0. The number of aliphatic hydroxyl groups is 1. The van der Waals surface area contributed by atoms with Gasteiger partial charge in [0.25, 0.3) is 0 Å². The van der Waals surface area contributed by atoms with E-state index in [0.717, 1.165) is 27.4 Å². The molecular formula is C22H48Na2O14. The van der Waals surface area contributed by atoms with Crippen LogP contribution in [0.2, 0.25) is 0 Å². The number of carboxylic acid groups (broad SMARTS) is 3. The zero-order valence-electron chi connectivity index (χ0n) is 24.6. The van der Waals surface area contributed by atoms with Crippen LogP contribution in [0, 0.1) is 0 Å². The molecule has 0 bridgehead atoms. The molecule has 222 valence electrons. The smallest absolute Gasteiger partial charge is 0.857 e. The van der Waals surface area contributed by atoms with E-state index in [1.807, 2.05) is 34.6 Å². The number of aliphatic carboxylic acids is 3. The Kier molecular flexibility index (Phi) is 124. The van der Waals surface area contributed by atoms with Crippen LogP contribution in [-0.4, -0.2) is 106 Å². The van der Waals surface area contributed by atoms with Crippen LogP contribution in [0.15, 0.2) is 0 Å². The van der Waals surface area contributed by atoms with Gasteiger partial charge in [0.15, 0.2) is 0 Å². The van der Waals surface area contributed by atoms with Gasteiger partial charge in [0.1, 0.15) is 0 Å². The second kappa shape index (κ2) is 76.6. The standard InChI is InChI=1S/3C5H10O3.C4H10O.CO2.CH4O.CH3O.2Na.H2/c3*1-2-8-4-3-5(6)7;1-3-5-4-2;2-1-3;2*1-2;;;/h3*2-4H2,1H3,(H,6,7);3-4H2,1-2H3;;2H,1H3;1H3;;;1H/q;;;;;;-1;2*+1;/p-1. The zero-order valence-corrected chi connectivity index (χ0v) is 28.6. The van der Waals surface area contributed by atoms with Crippen molar-refractivity contribution in [3.8, 4) is 0 Å². The third kappa shape index (κ3) is 155. The summed E-state index contributed by atoms with van der Waals surface area (Å²) >= 11 is 0. The number of carbonyl (C=O) groups excluding carboxylic acids is 3. The topological polar surface area (TPSA) is 229 Å². The van der Waals surface area contributed by atoms with Gasteiger partial charge in [0, 0.05) is 54.0 Å². The predicted molar refractivity (Wildman–Crippen MR) is 127 cm³/mol. The maximum Gasteiger partial charge on any atom is 1.00 e. The number of hydrogen-bond acceptors (Lipinski definition) is 12. The molecule has 0 aromatic carbocycles. The molecule has 0 fully saturated rings. The molecule has 0 aliphatic heterocycles. The average molecular weight is 583 g/mol. The summed E-state index contributed by atoms with van der Waals surface area (Å²) in [4.78, 5) is 45.5. The van der Waals surface area contributed by atoms with Crippen molar-refractivity contribution in [3.63, 3.8) is 0 Å². The monoisotopic (exact) mass is 582 g/mol. The van der Waals surface area contributed by atoms with Crippen LogP contribution in [0.5, 0.6) is 0 Å². The number of carboxylic acids is 3. The minimum atomic E-state index is -1.06. The van der Waals surface area contributed by atoms with E-state index in [-0.39, 0.29) is 92.6 Å². The van der Waals surface area contributed by atoms with E-state index in [9.17, 15) is 19.5 Å². The van der Waals surface area contributed by atoms with Crippen LogP contribution in [-0.2, 0) is 42.9 Å². The van der Waals surface area contributed by atoms with Crippen molar-refractivity contribution < 1.29 is 129 Å². The van der Waals surface area contributed by atoms with Gasteiger partial charge in [0.2, 0.25) is 0 Å². The molecule has 14 nitrogen and oxygen atoms in total. The first-order valence-corrected chi connectivity index (χ1v) is 10.9. The van der Waals surface area contributed by atoms with Crippen molar-refractivity contribution in [1.82, 2.24) is 0 Å². The van der Waals surface area contributed by atoms with Crippen molar-refractivity contribution >= 4 is 24.1 Å². The summed E-state index contributed by atoms with van der Waals surface area (Å²) in [5, 5.41) is 41.1. The molecule has 0 heterocycles. The Bertz CT molecular complexity index is 393. The predicted octanol–water partition coefficient (Wildman–Crippen LogP) is -6.54. The molecule has 0 atom stereocenters. The molecule has 0 aromatic rings. The fraction of sp³-hybridized carbons (Fsp3) is 0.818. The SMILES string of the molecule is CCOCC.CCOCCC(=O)O.CCOCCC(=O)O.CCOCCC(=O)[O-].CO.C[O-].O=C=O.[HH].[Na+].[Na+]. The molecule has 0 saturated carbocycles. The largest absolute Gasteiger partial charge is 1.00 e. The molecule has 0 radical (unpaired) electrons. The summed E-state index contributed by atoms with van der Waals surface area (Å²) in [5.74, 6) is -2.67. The van der Waals surface area contributed by atoms with Crippen LogP contribution >= 0.6 is 0 Å². The van der Waals surface area contributed by atoms with Gasteiger partial charge in [-0.1, -0.05) is 0 Å². The summed E-state index contributed by atoms with van der Waals surface area (Å²) in [6, 6.07) is 0. The van der Waals surface area contributed by atoms with E-state index in [2.05, 4.69) is 0 Å². The second-order valence-corrected chi connectivity index (χ2v) is 4.87. The Morgan fingerprint density at radius 1 is 0.632 bits per heavy atom. The van der Waals surface area contributed by atoms with Crippen molar-refractivity contribution in [2.45, 2.75) is 53.9 Å². The minimum absolute atomic E-state index is 0. The van der Waals surface area contributed by atoms with Crippen molar-refractivity contribution in [2.24, 2.45) is 0 Å². The Morgan fingerprint density at radius 2 is 0.842 bits per heavy atom. The van der Waals surface area contributed by atoms with Gasteiger partial charge in [-0.05, 0) is 34.6 Å². The van der Waals surface area contributed by atoms with Gasteiger partial charge in [-0.15, -0.1) is 0 Å². The maximum atomic E-state index is 9.79. The number of hydrogen-bond donors (Lipinski definition) is 3. The van der Waals surface area contributed by atoms with Crippen molar-refractivity contribution in [1.29, 1.82) is 0 Å². The fourth-order valence-corrected chi connectivity index (χ4v) is 1.11. The van der Waals surface area contributed by atoms with Crippen LogP contribution in [0.3, 0.4) is 0 Å². The summed E-state index contributed by atoms with van der Waals surface area (Å²) in [6.45, 7) is 13.8. The van der Waals surface area contributed by atoms with Crippen molar-refractivity contribution in [2.75, 3.05) is 67.1 Å². The van der Waals surface area contributed by atoms with E-state index in [4.69, 9.17) is 49.0 Å². The van der Waals surface area contributed by atoms with E-state index < -0.39 is 17.9 Å². The van der Waals surface area contributed by atoms with Gasteiger partial charge < -0.3 is 49.3 Å². The number of rotatable bonds is 14. The third-order valence-corrected chi connectivity index (χ3v) is 2.39. The number of ether oxygens (including phenoxy) is 4. The first-order valence-electron chi connectivity index (χ1n) is 10.9. The Morgan fingerprint density at radius 3 is 0.974 bits per heavy atom. The van der Waals surface area contributed by atoms with E-state index in [1.165, 1.54) is 0 Å². The van der Waals surface area contributed by atoms with Gasteiger partial charge in [-0.3, -0.25) is 9.59 Å². The molecule has 3 N–H and O–H groups in total. The molecule has 38 heavy (non-hydrogen) atoms. The summed E-state index contributed by atoms with van der Waals surface area (Å²) in [7, 11) is 1.75. The Hall–Kier alpha value is -0.450. The molecule has 16 heteroatoms. The maximum absolute atomic E-state index is 9.79. The average Bonchev–Trinajstić information content (AvgIpc) is 2.84. The summed E-state index contributed by atoms with van der Waals surface area (Å²) < 4.78 is 19.1.